The van der Waals surface area contributed by atoms with Crippen molar-refractivity contribution in [2.75, 3.05) is 7.05 Å². The van der Waals surface area contributed by atoms with E-state index in [9.17, 15) is 4.79 Å². The summed E-state index contributed by atoms with van der Waals surface area (Å²) < 4.78 is 0. The van der Waals surface area contributed by atoms with Crippen molar-refractivity contribution in [2.24, 2.45) is 5.10 Å². The number of urea groups is 1. The fourth-order valence-electron chi connectivity index (χ4n) is 0.500. The predicted molar refractivity (Wildman–Crippen MR) is 47.3 cm³/mol. The van der Waals surface area contributed by atoms with Gasteiger partial charge >= 0.3 is 6.03 Å². The molecule has 0 saturated carbocycles. The molecule has 64 valence electrons. The molecular weight excluding hydrogens is 176 g/mol. The van der Waals surface area contributed by atoms with Gasteiger partial charge < -0.3 is 5.32 Å². The summed E-state index contributed by atoms with van der Waals surface area (Å²) in [5.41, 5.74) is 2.26. The number of nitrogens with one attached hydrogen (secondary N) is 2. The normalized spacial score (nSPS) is 10.1. The van der Waals surface area contributed by atoms with Gasteiger partial charge in [0.15, 0.2) is 0 Å². The van der Waals surface area contributed by atoms with Gasteiger partial charge in [-0.05, 0) is 0 Å². The van der Waals surface area contributed by atoms with Crippen LogP contribution in [-0.2, 0) is 0 Å². The Hall–Kier alpha value is -1.43. The van der Waals surface area contributed by atoms with Crippen LogP contribution in [0.4, 0.5) is 4.79 Å². The number of aromatic nitrogens is 1. The Morgan fingerprint density at radius 1 is 1.83 bits per heavy atom. The fourth-order valence-corrected chi connectivity index (χ4v) is 0.997. The van der Waals surface area contributed by atoms with Crippen LogP contribution in [0.25, 0.3) is 0 Å². The number of amides is 2. The lowest BCUT2D eigenvalue weighted by Gasteiger charge is -1.93. The molecule has 0 spiro atoms. The molecule has 0 aromatic carbocycles. The average molecular weight is 184 g/mol. The molecule has 0 radical (unpaired) electrons. The maximum absolute atomic E-state index is 10.6. The SMILES string of the molecule is CNC(=O)N/N=C/c1nccs1. The second kappa shape index (κ2) is 4.45. The van der Waals surface area contributed by atoms with Crippen molar-refractivity contribution < 1.29 is 4.79 Å². The Morgan fingerprint density at radius 2 is 2.67 bits per heavy atom. The molecule has 6 heteroatoms. The van der Waals surface area contributed by atoms with Gasteiger partial charge in [-0.3, -0.25) is 0 Å². The van der Waals surface area contributed by atoms with Crippen molar-refractivity contribution >= 4 is 23.6 Å². The third kappa shape index (κ3) is 2.67. The lowest BCUT2D eigenvalue weighted by molar-refractivity contribution is 0.243. The van der Waals surface area contributed by atoms with Crippen LogP contribution >= 0.6 is 11.3 Å². The van der Waals surface area contributed by atoms with Crippen molar-refractivity contribution in [3.05, 3.63) is 16.6 Å². The van der Waals surface area contributed by atoms with Crippen LogP contribution < -0.4 is 10.7 Å². The van der Waals surface area contributed by atoms with Gasteiger partial charge in [-0.2, -0.15) is 5.10 Å². The first-order valence-electron chi connectivity index (χ1n) is 3.23. The zero-order valence-corrected chi connectivity index (χ0v) is 7.26. The minimum Gasteiger partial charge on any atom is -0.340 e. The molecule has 2 N–H and O–H groups in total. The number of hydrogen-bond acceptors (Lipinski definition) is 4. The summed E-state index contributed by atoms with van der Waals surface area (Å²) in [5.74, 6) is 0. The van der Waals surface area contributed by atoms with Gasteiger partial charge in [0.2, 0.25) is 0 Å². The van der Waals surface area contributed by atoms with E-state index in [0.29, 0.717) is 0 Å². The highest BCUT2D eigenvalue weighted by molar-refractivity contribution is 7.11. The molecule has 12 heavy (non-hydrogen) atoms. The average Bonchev–Trinajstić information content (AvgIpc) is 2.57. The summed E-state index contributed by atoms with van der Waals surface area (Å²) in [6, 6.07) is -0.345. The van der Waals surface area contributed by atoms with E-state index >= 15 is 0 Å². The second-order valence-corrected chi connectivity index (χ2v) is 2.75. The summed E-state index contributed by atoms with van der Waals surface area (Å²) in [7, 11) is 1.52. The summed E-state index contributed by atoms with van der Waals surface area (Å²) in [4.78, 5) is 14.5. The molecule has 0 aliphatic heterocycles. The van der Waals surface area contributed by atoms with E-state index in [2.05, 4.69) is 20.8 Å². The molecule has 0 fully saturated rings. The molecule has 5 nitrogen and oxygen atoms in total. The van der Waals surface area contributed by atoms with Crippen LogP contribution in [0.1, 0.15) is 5.01 Å². The van der Waals surface area contributed by atoms with Gasteiger partial charge in [0, 0.05) is 18.6 Å². The van der Waals surface area contributed by atoms with Crippen molar-refractivity contribution in [2.45, 2.75) is 0 Å². The zero-order valence-electron chi connectivity index (χ0n) is 6.44. The number of carbonyl (C=O) groups is 1. The van der Waals surface area contributed by atoms with E-state index in [-0.39, 0.29) is 6.03 Å². The zero-order chi connectivity index (χ0) is 8.81. The maximum atomic E-state index is 10.6. The Bertz CT molecular complexity index is 269. The lowest BCUT2D eigenvalue weighted by atomic mass is 10.8. The van der Waals surface area contributed by atoms with Crippen LogP contribution in [-0.4, -0.2) is 24.3 Å². The number of rotatable bonds is 2. The van der Waals surface area contributed by atoms with E-state index in [4.69, 9.17) is 0 Å². The number of carbonyl (C=O) groups excluding carboxylic acids is 1. The Balaban J connectivity index is 2.37. The van der Waals surface area contributed by atoms with Crippen LogP contribution in [0.5, 0.6) is 0 Å². The van der Waals surface area contributed by atoms with Gasteiger partial charge in [0.05, 0.1) is 6.21 Å². The number of hydrazone groups is 1. The molecule has 0 bridgehead atoms. The van der Waals surface area contributed by atoms with E-state index in [1.165, 1.54) is 24.6 Å². The first-order chi connectivity index (χ1) is 5.83. The van der Waals surface area contributed by atoms with Crippen LogP contribution in [0.2, 0.25) is 0 Å². The van der Waals surface area contributed by atoms with Gasteiger partial charge in [-0.25, -0.2) is 15.2 Å². The van der Waals surface area contributed by atoms with Gasteiger partial charge in [-0.1, -0.05) is 0 Å². The maximum Gasteiger partial charge on any atom is 0.334 e. The Kier molecular flexibility index (Phi) is 3.21. The van der Waals surface area contributed by atoms with E-state index in [1.807, 2.05) is 5.38 Å². The lowest BCUT2D eigenvalue weighted by Crippen LogP contribution is -2.28. The molecular formula is C6H8N4OS. The van der Waals surface area contributed by atoms with E-state index in [0.717, 1.165) is 5.01 Å². The second-order valence-electron chi connectivity index (χ2n) is 1.82. The van der Waals surface area contributed by atoms with Crippen molar-refractivity contribution in [3.63, 3.8) is 0 Å². The fraction of sp³-hybridized carbons (Fsp3) is 0.167. The van der Waals surface area contributed by atoms with Crippen molar-refractivity contribution in [1.29, 1.82) is 0 Å². The smallest absolute Gasteiger partial charge is 0.334 e. The van der Waals surface area contributed by atoms with Gasteiger partial charge in [0.25, 0.3) is 0 Å². The third-order valence-corrected chi connectivity index (χ3v) is 1.73. The molecule has 1 aromatic heterocycles. The minimum atomic E-state index is -0.345. The monoisotopic (exact) mass is 184 g/mol. The molecule has 0 atom stereocenters. The van der Waals surface area contributed by atoms with Gasteiger partial charge in [-0.15, -0.1) is 11.3 Å². The first-order valence-corrected chi connectivity index (χ1v) is 4.11. The quantitative estimate of drug-likeness (QED) is 0.516. The molecule has 0 saturated heterocycles. The largest absolute Gasteiger partial charge is 0.340 e. The highest BCUT2D eigenvalue weighted by Crippen LogP contribution is 1.98. The first kappa shape index (κ1) is 8.66. The highest BCUT2D eigenvalue weighted by atomic mass is 32.1. The van der Waals surface area contributed by atoms with Crippen LogP contribution in [0, 0.1) is 0 Å². The topological polar surface area (TPSA) is 66.4 Å². The Labute approximate surface area is 73.5 Å². The number of thiazole rings is 1. The van der Waals surface area contributed by atoms with Crippen molar-refractivity contribution in [3.8, 4) is 0 Å². The highest BCUT2D eigenvalue weighted by Gasteiger charge is 1.91. The predicted octanol–water partition coefficient (Wildman–Crippen LogP) is 0.406. The number of hydrogen-bond donors (Lipinski definition) is 2. The summed E-state index contributed by atoms with van der Waals surface area (Å²) in [6.07, 6.45) is 3.16. The van der Waals surface area contributed by atoms with Crippen LogP contribution in [0.15, 0.2) is 16.7 Å². The number of nitrogens with zero attached hydrogens (tertiary/aromatic N) is 2. The molecule has 2 amide bonds. The Morgan fingerprint density at radius 3 is 3.25 bits per heavy atom. The van der Waals surface area contributed by atoms with Crippen molar-refractivity contribution in [1.82, 2.24) is 15.7 Å². The standard InChI is InChI=1S/C6H8N4OS/c1-7-6(11)10-9-4-5-8-2-3-12-5/h2-4H,1H3,(H2,7,10,11)/b9-4+. The van der Waals surface area contributed by atoms with E-state index in [1.54, 1.807) is 6.20 Å². The summed E-state index contributed by atoms with van der Waals surface area (Å²) >= 11 is 1.45. The molecule has 0 aliphatic carbocycles. The third-order valence-electron chi connectivity index (χ3n) is 1.02. The van der Waals surface area contributed by atoms with Gasteiger partial charge in [0.1, 0.15) is 5.01 Å². The molecule has 0 unspecified atom stereocenters. The molecule has 1 aromatic rings. The minimum absolute atomic E-state index is 0.345. The van der Waals surface area contributed by atoms with E-state index < -0.39 is 0 Å². The molecule has 0 aliphatic rings. The molecule has 1 heterocycles. The summed E-state index contributed by atoms with van der Waals surface area (Å²) in [6.45, 7) is 0. The molecule has 1 rings (SSSR count). The van der Waals surface area contributed by atoms with Crippen LogP contribution in [0.3, 0.4) is 0 Å². The summed E-state index contributed by atoms with van der Waals surface area (Å²) in [5, 5.41) is 8.60.